The normalized spacial score (nSPS) is 29.4. The minimum atomic E-state index is -0.432. The smallest absolute Gasteiger partial charge is 0.312 e. The molecular weight excluding hydrogens is 214 g/mol. The molecule has 0 aromatic carbocycles. The summed E-state index contributed by atoms with van der Waals surface area (Å²) >= 11 is 0. The van der Waals surface area contributed by atoms with Gasteiger partial charge in [-0.3, -0.25) is 4.79 Å². The maximum absolute atomic E-state index is 11.6. The van der Waals surface area contributed by atoms with Gasteiger partial charge in [-0.25, -0.2) is 0 Å². The van der Waals surface area contributed by atoms with Crippen molar-refractivity contribution in [2.75, 3.05) is 13.7 Å². The van der Waals surface area contributed by atoms with Crippen LogP contribution in [0.4, 0.5) is 0 Å². The van der Waals surface area contributed by atoms with Crippen molar-refractivity contribution in [1.29, 1.82) is 0 Å². The van der Waals surface area contributed by atoms with Crippen molar-refractivity contribution >= 4 is 5.97 Å². The summed E-state index contributed by atoms with van der Waals surface area (Å²) in [4.78, 5) is 11.6. The minimum Gasteiger partial charge on any atom is -0.469 e. The first-order valence-electron chi connectivity index (χ1n) is 6.74. The van der Waals surface area contributed by atoms with E-state index in [1.165, 1.54) is 26.4 Å². The molecular formula is C14H27NO2. The van der Waals surface area contributed by atoms with E-state index in [9.17, 15) is 4.79 Å². The predicted molar refractivity (Wildman–Crippen MR) is 69.8 cm³/mol. The summed E-state index contributed by atoms with van der Waals surface area (Å²) in [6.07, 6.45) is 3.81. The van der Waals surface area contributed by atoms with Crippen molar-refractivity contribution < 1.29 is 9.53 Å². The molecule has 0 bridgehead atoms. The zero-order valence-electron chi connectivity index (χ0n) is 11.9. The highest BCUT2D eigenvalue weighted by molar-refractivity contribution is 5.76. The molecule has 3 atom stereocenters. The van der Waals surface area contributed by atoms with E-state index in [0.29, 0.717) is 18.5 Å². The molecule has 100 valence electrons. The van der Waals surface area contributed by atoms with Crippen LogP contribution in [0.2, 0.25) is 0 Å². The van der Waals surface area contributed by atoms with Gasteiger partial charge in [0.25, 0.3) is 0 Å². The van der Waals surface area contributed by atoms with Gasteiger partial charge in [-0.1, -0.05) is 20.3 Å². The largest absolute Gasteiger partial charge is 0.469 e. The topological polar surface area (TPSA) is 38.3 Å². The molecule has 1 saturated carbocycles. The molecule has 0 spiro atoms. The summed E-state index contributed by atoms with van der Waals surface area (Å²) < 4.78 is 4.82. The molecule has 0 saturated heterocycles. The summed E-state index contributed by atoms with van der Waals surface area (Å²) in [6, 6.07) is 0.559. The minimum absolute atomic E-state index is 0.136. The van der Waals surface area contributed by atoms with Crippen molar-refractivity contribution in [3.8, 4) is 0 Å². The second-order valence-electron chi connectivity index (χ2n) is 5.97. The van der Waals surface area contributed by atoms with Crippen LogP contribution in [0.5, 0.6) is 0 Å². The van der Waals surface area contributed by atoms with E-state index in [-0.39, 0.29) is 5.97 Å². The third-order valence-electron chi connectivity index (χ3n) is 4.30. The van der Waals surface area contributed by atoms with Crippen LogP contribution in [0.3, 0.4) is 0 Å². The van der Waals surface area contributed by atoms with E-state index in [1.54, 1.807) is 0 Å². The fourth-order valence-corrected chi connectivity index (χ4v) is 2.85. The van der Waals surface area contributed by atoms with Crippen molar-refractivity contribution in [3.63, 3.8) is 0 Å². The molecule has 0 amide bonds. The lowest BCUT2D eigenvalue weighted by molar-refractivity contribution is -0.150. The van der Waals surface area contributed by atoms with Gasteiger partial charge < -0.3 is 10.1 Å². The van der Waals surface area contributed by atoms with Crippen LogP contribution in [0.15, 0.2) is 0 Å². The van der Waals surface area contributed by atoms with Gasteiger partial charge in [-0.2, -0.15) is 0 Å². The van der Waals surface area contributed by atoms with E-state index >= 15 is 0 Å². The second kappa shape index (κ2) is 5.85. The average molecular weight is 241 g/mol. The molecule has 0 aromatic rings. The molecule has 0 heterocycles. The molecule has 1 aliphatic carbocycles. The van der Waals surface area contributed by atoms with E-state index in [2.05, 4.69) is 19.2 Å². The van der Waals surface area contributed by atoms with Crippen LogP contribution in [0.1, 0.15) is 47.0 Å². The van der Waals surface area contributed by atoms with Crippen LogP contribution in [0.25, 0.3) is 0 Å². The zero-order valence-corrected chi connectivity index (χ0v) is 11.9. The number of rotatable bonds is 5. The average Bonchev–Trinajstić information content (AvgIpc) is 2.66. The first-order valence-corrected chi connectivity index (χ1v) is 6.74. The molecule has 1 fully saturated rings. The number of carbonyl (C=O) groups excluding carboxylic acids is 1. The summed E-state index contributed by atoms with van der Waals surface area (Å²) in [7, 11) is 1.45. The Morgan fingerprint density at radius 2 is 2.06 bits per heavy atom. The lowest BCUT2D eigenvalue weighted by atomic mass is 9.91. The number of carbonyl (C=O) groups is 1. The Morgan fingerprint density at radius 3 is 2.53 bits per heavy atom. The Labute approximate surface area is 105 Å². The predicted octanol–water partition coefficient (Wildman–Crippen LogP) is 2.60. The first kappa shape index (κ1) is 14.5. The molecule has 0 aliphatic heterocycles. The number of ether oxygens (including phenoxy) is 1. The highest BCUT2D eigenvalue weighted by Crippen LogP contribution is 2.34. The maximum atomic E-state index is 11.6. The molecule has 3 unspecified atom stereocenters. The number of nitrogens with one attached hydrogen (secondary N) is 1. The molecule has 3 heteroatoms. The van der Waals surface area contributed by atoms with Gasteiger partial charge in [0, 0.05) is 12.6 Å². The van der Waals surface area contributed by atoms with Gasteiger partial charge in [0.1, 0.15) is 0 Å². The Kier molecular flexibility index (Phi) is 4.99. The molecule has 17 heavy (non-hydrogen) atoms. The molecule has 1 N–H and O–H groups in total. The molecule has 0 aromatic heterocycles. The van der Waals surface area contributed by atoms with Crippen LogP contribution in [-0.4, -0.2) is 25.7 Å². The summed E-state index contributed by atoms with van der Waals surface area (Å²) in [5.74, 6) is 1.42. The van der Waals surface area contributed by atoms with Crippen LogP contribution >= 0.6 is 0 Å². The molecule has 3 nitrogen and oxygen atoms in total. The Morgan fingerprint density at radius 1 is 1.41 bits per heavy atom. The van der Waals surface area contributed by atoms with E-state index in [4.69, 9.17) is 4.74 Å². The van der Waals surface area contributed by atoms with Gasteiger partial charge in [0.15, 0.2) is 0 Å². The summed E-state index contributed by atoms with van der Waals surface area (Å²) in [5.41, 5.74) is -0.432. The quantitative estimate of drug-likeness (QED) is 0.752. The van der Waals surface area contributed by atoms with Crippen molar-refractivity contribution in [1.82, 2.24) is 5.32 Å². The maximum Gasteiger partial charge on any atom is 0.312 e. The van der Waals surface area contributed by atoms with Gasteiger partial charge in [0.2, 0.25) is 0 Å². The lowest BCUT2D eigenvalue weighted by Gasteiger charge is -2.27. The number of methoxy groups -OCH3 is 1. The van der Waals surface area contributed by atoms with Crippen LogP contribution in [-0.2, 0) is 9.53 Å². The highest BCUT2D eigenvalue weighted by atomic mass is 16.5. The van der Waals surface area contributed by atoms with Gasteiger partial charge >= 0.3 is 5.97 Å². The monoisotopic (exact) mass is 241 g/mol. The van der Waals surface area contributed by atoms with Crippen molar-refractivity contribution in [3.05, 3.63) is 0 Å². The number of hydrogen-bond acceptors (Lipinski definition) is 3. The fourth-order valence-electron chi connectivity index (χ4n) is 2.85. The Bertz CT molecular complexity index is 263. The molecule has 0 radical (unpaired) electrons. The summed E-state index contributed by atoms with van der Waals surface area (Å²) in [5, 5.41) is 3.55. The standard InChI is InChI=1S/C14H27NO2/c1-6-11-7-8-12(10(11)2)15-9-14(3,4)13(16)17-5/h10-12,15H,6-9H2,1-5H3. The van der Waals surface area contributed by atoms with Crippen LogP contribution in [0, 0.1) is 17.3 Å². The van der Waals surface area contributed by atoms with Gasteiger partial charge in [0.05, 0.1) is 12.5 Å². The number of esters is 1. The number of hydrogen-bond donors (Lipinski definition) is 1. The van der Waals surface area contributed by atoms with Crippen molar-refractivity contribution in [2.24, 2.45) is 17.3 Å². The fraction of sp³-hybridized carbons (Fsp3) is 0.929. The zero-order chi connectivity index (χ0) is 13.1. The van der Waals surface area contributed by atoms with Gasteiger partial charge in [-0.15, -0.1) is 0 Å². The Balaban J connectivity index is 2.44. The first-order chi connectivity index (χ1) is 7.92. The SMILES string of the molecule is CCC1CCC(NCC(C)(C)C(=O)OC)C1C. The Hall–Kier alpha value is -0.570. The van der Waals surface area contributed by atoms with Crippen molar-refractivity contribution in [2.45, 2.75) is 53.0 Å². The van der Waals surface area contributed by atoms with E-state index in [1.807, 2.05) is 13.8 Å². The van der Waals surface area contributed by atoms with E-state index < -0.39 is 5.41 Å². The molecule has 1 rings (SSSR count). The van der Waals surface area contributed by atoms with E-state index in [0.717, 1.165) is 5.92 Å². The highest BCUT2D eigenvalue weighted by Gasteiger charge is 2.34. The third kappa shape index (κ3) is 3.44. The third-order valence-corrected chi connectivity index (χ3v) is 4.30. The van der Waals surface area contributed by atoms with Gasteiger partial charge in [-0.05, 0) is 38.5 Å². The van der Waals surface area contributed by atoms with Crippen LogP contribution < -0.4 is 5.32 Å². The molecule has 1 aliphatic rings. The lowest BCUT2D eigenvalue weighted by Crippen LogP contribution is -2.43. The summed E-state index contributed by atoms with van der Waals surface area (Å²) in [6.45, 7) is 9.16. The second-order valence-corrected chi connectivity index (χ2v) is 5.97.